The van der Waals surface area contributed by atoms with Crippen molar-refractivity contribution < 1.29 is 9.53 Å². The van der Waals surface area contributed by atoms with Gasteiger partial charge in [-0.1, -0.05) is 12.8 Å². The smallest absolute Gasteiger partial charge is 0.412 e. The van der Waals surface area contributed by atoms with E-state index in [-0.39, 0.29) is 0 Å². The molecule has 5 heteroatoms. The summed E-state index contributed by atoms with van der Waals surface area (Å²) < 4.78 is 5.22. The third kappa shape index (κ3) is 5.25. The van der Waals surface area contributed by atoms with Crippen molar-refractivity contribution >= 4 is 17.6 Å². The molecule has 1 aromatic rings. The molecule has 0 spiro atoms. The highest BCUT2D eigenvalue weighted by Gasteiger charge is 2.16. The highest BCUT2D eigenvalue weighted by atomic mass is 16.6. The van der Waals surface area contributed by atoms with E-state index in [1.54, 1.807) is 6.20 Å². The van der Waals surface area contributed by atoms with Crippen molar-refractivity contribution in [3.8, 4) is 0 Å². The van der Waals surface area contributed by atoms with E-state index in [2.05, 4.69) is 15.2 Å². The van der Waals surface area contributed by atoms with Crippen LogP contribution in [0.25, 0.3) is 0 Å². The number of hydrogen-bond acceptors (Lipinski definition) is 4. The Kier molecular flexibility index (Phi) is 5.04. The van der Waals surface area contributed by atoms with Crippen LogP contribution in [-0.2, 0) is 4.74 Å². The normalized spacial score (nSPS) is 16.2. The maximum absolute atomic E-state index is 11.7. The van der Waals surface area contributed by atoms with E-state index in [9.17, 15) is 4.79 Å². The first-order valence-electron chi connectivity index (χ1n) is 7.65. The molecule has 0 radical (unpaired) electrons. The Balaban J connectivity index is 1.93. The van der Waals surface area contributed by atoms with Crippen molar-refractivity contribution in [3.63, 3.8) is 0 Å². The monoisotopic (exact) mass is 291 g/mol. The fourth-order valence-electron chi connectivity index (χ4n) is 2.37. The van der Waals surface area contributed by atoms with Gasteiger partial charge in [-0.2, -0.15) is 0 Å². The quantitative estimate of drug-likeness (QED) is 0.900. The molecule has 2 heterocycles. The number of nitrogens with one attached hydrogen (secondary N) is 1. The molecule has 1 aromatic heterocycles. The van der Waals surface area contributed by atoms with Gasteiger partial charge in [0, 0.05) is 13.1 Å². The van der Waals surface area contributed by atoms with Crippen LogP contribution in [-0.4, -0.2) is 29.8 Å². The highest BCUT2D eigenvalue weighted by molar-refractivity contribution is 5.84. The SMILES string of the molecule is CC(C)(C)OC(=O)Nc1ccc(N2CCCCCC2)nc1. The molecule has 0 bridgehead atoms. The Morgan fingerprint density at radius 3 is 2.38 bits per heavy atom. The Labute approximate surface area is 126 Å². The van der Waals surface area contributed by atoms with E-state index in [4.69, 9.17) is 4.74 Å². The minimum atomic E-state index is -0.497. The lowest BCUT2D eigenvalue weighted by molar-refractivity contribution is 0.0636. The van der Waals surface area contributed by atoms with E-state index >= 15 is 0 Å². The second kappa shape index (κ2) is 6.78. The van der Waals surface area contributed by atoms with E-state index < -0.39 is 11.7 Å². The third-order valence-electron chi connectivity index (χ3n) is 3.32. The number of pyridine rings is 1. The van der Waals surface area contributed by atoms with Gasteiger partial charge in [-0.15, -0.1) is 0 Å². The molecule has 0 aliphatic carbocycles. The molecule has 1 aliphatic rings. The molecule has 1 aliphatic heterocycles. The number of ether oxygens (including phenoxy) is 1. The third-order valence-corrected chi connectivity index (χ3v) is 3.32. The number of rotatable bonds is 2. The molecule has 21 heavy (non-hydrogen) atoms. The number of anilines is 2. The van der Waals surface area contributed by atoms with Crippen LogP contribution in [0.4, 0.5) is 16.3 Å². The minimum Gasteiger partial charge on any atom is -0.444 e. The molecule has 5 nitrogen and oxygen atoms in total. The van der Waals surface area contributed by atoms with E-state index in [1.165, 1.54) is 25.7 Å². The molecule has 1 N–H and O–H groups in total. The van der Waals surface area contributed by atoms with Crippen molar-refractivity contribution in [1.82, 2.24) is 4.98 Å². The predicted molar refractivity (Wildman–Crippen MR) is 84.8 cm³/mol. The Morgan fingerprint density at radius 1 is 1.19 bits per heavy atom. The standard InChI is InChI=1S/C16H25N3O2/c1-16(2,3)21-15(20)18-13-8-9-14(17-12-13)19-10-6-4-5-7-11-19/h8-9,12H,4-7,10-11H2,1-3H3,(H,18,20). The van der Waals surface area contributed by atoms with Crippen molar-refractivity contribution in [2.75, 3.05) is 23.3 Å². The lowest BCUT2D eigenvalue weighted by atomic mass is 10.2. The number of hydrogen-bond donors (Lipinski definition) is 1. The zero-order valence-corrected chi connectivity index (χ0v) is 13.2. The lowest BCUT2D eigenvalue weighted by Gasteiger charge is -2.22. The van der Waals surface area contributed by atoms with Crippen LogP contribution in [0, 0.1) is 0 Å². The number of nitrogens with zero attached hydrogens (tertiary/aromatic N) is 2. The van der Waals surface area contributed by atoms with Gasteiger partial charge < -0.3 is 9.64 Å². The molecule has 1 saturated heterocycles. The summed E-state index contributed by atoms with van der Waals surface area (Å²) in [5.41, 5.74) is 0.159. The topological polar surface area (TPSA) is 54.5 Å². The molecule has 2 rings (SSSR count). The summed E-state index contributed by atoms with van der Waals surface area (Å²) in [6.45, 7) is 7.64. The minimum absolute atomic E-state index is 0.452. The van der Waals surface area contributed by atoms with Crippen LogP contribution in [0.1, 0.15) is 46.5 Å². The van der Waals surface area contributed by atoms with E-state index in [0.29, 0.717) is 5.69 Å². The van der Waals surface area contributed by atoms with Crippen LogP contribution in [0.15, 0.2) is 18.3 Å². The second-order valence-corrected chi connectivity index (χ2v) is 6.43. The molecule has 116 valence electrons. The number of aromatic nitrogens is 1. The molecule has 0 aromatic carbocycles. The molecule has 0 saturated carbocycles. The zero-order chi connectivity index (χ0) is 15.3. The van der Waals surface area contributed by atoms with Crippen molar-refractivity contribution in [1.29, 1.82) is 0 Å². The zero-order valence-electron chi connectivity index (χ0n) is 13.2. The molecule has 0 unspecified atom stereocenters. The summed E-state index contributed by atoms with van der Waals surface area (Å²) in [7, 11) is 0. The molecular weight excluding hydrogens is 266 g/mol. The summed E-state index contributed by atoms with van der Waals surface area (Å²) in [6, 6.07) is 3.83. The van der Waals surface area contributed by atoms with Crippen LogP contribution in [0.2, 0.25) is 0 Å². The fourth-order valence-corrected chi connectivity index (χ4v) is 2.37. The van der Waals surface area contributed by atoms with Crippen molar-refractivity contribution in [3.05, 3.63) is 18.3 Å². The summed E-state index contributed by atoms with van der Waals surface area (Å²) >= 11 is 0. The largest absolute Gasteiger partial charge is 0.444 e. The predicted octanol–water partition coefficient (Wildman–Crippen LogP) is 3.81. The number of amides is 1. The van der Waals surface area contributed by atoms with Gasteiger partial charge in [0.25, 0.3) is 0 Å². The van der Waals surface area contributed by atoms with Crippen molar-refractivity contribution in [2.45, 2.75) is 52.1 Å². The molecule has 0 atom stereocenters. The van der Waals surface area contributed by atoms with Gasteiger partial charge >= 0.3 is 6.09 Å². The summed E-state index contributed by atoms with van der Waals surface area (Å²) in [4.78, 5) is 18.4. The maximum atomic E-state index is 11.7. The van der Waals surface area contributed by atoms with Crippen LogP contribution < -0.4 is 10.2 Å². The number of carbonyl (C=O) groups excluding carboxylic acids is 1. The first-order chi connectivity index (χ1) is 9.94. The first kappa shape index (κ1) is 15.6. The number of carbonyl (C=O) groups is 1. The first-order valence-corrected chi connectivity index (χ1v) is 7.65. The fraction of sp³-hybridized carbons (Fsp3) is 0.625. The molecule has 1 amide bonds. The molecular formula is C16H25N3O2. The van der Waals surface area contributed by atoms with Gasteiger partial charge in [-0.3, -0.25) is 5.32 Å². The Hall–Kier alpha value is -1.78. The van der Waals surface area contributed by atoms with Gasteiger partial charge in [0.2, 0.25) is 0 Å². The van der Waals surface area contributed by atoms with Gasteiger partial charge in [-0.05, 0) is 45.7 Å². The van der Waals surface area contributed by atoms with Gasteiger partial charge in [0.1, 0.15) is 11.4 Å². The second-order valence-electron chi connectivity index (χ2n) is 6.43. The summed E-state index contributed by atoms with van der Waals surface area (Å²) in [5, 5.41) is 2.70. The van der Waals surface area contributed by atoms with Crippen molar-refractivity contribution in [2.24, 2.45) is 0 Å². The summed E-state index contributed by atoms with van der Waals surface area (Å²) in [5.74, 6) is 0.978. The highest BCUT2D eigenvalue weighted by Crippen LogP contribution is 2.19. The van der Waals surface area contributed by atoms with Gasteiger partial charge in [0.15, 0.2) is 0 Å². The lowest BCUT2D eigenvalue weighted by Crippen LogP contribution is -2.27. The Morgan fingerprint density at radius 2 is 1.86 bits per heavy atom. The van der Waals surface area contributed by atoms with Crippen LogP contribution in [0.3, 0.4) is 0 Å². The van der Waals surface area contributed by atoms with Crippen LogP contribution in [0.5, 0.6) is 0 Å². The Bertz CT molecular complexity index is 457. The summed E-state index contributed by atoms with van der Waals surface area (Å²) in [6.07, 6.45) is 6.28. The van der Waals surface area contributed by atoms with E-state index in [0.717, 1.165) is 18.9 Å². The van der Waals surface area contributed by atoms with Gasteiger partial charge in [0.05, 0.1) is 11.9 Å². The van der Waals surface area contributed by atoms with E-state index in [1.807, 2.05) is 32.9 Å². The average molecular weight is 291 g/mol. The van der Waals surface area contributed by atoms with Gasteiger partial charge in [-0.25, -0.2) is 9.78 Å². The molecule has 1 fully saturated rings. The maximum Gasteiger partial charge on any atom is 0.412 e. The van der Waals surface area contributed by atoms with Crippen LogP contribution >= 0.6 is 0 Å². The average Bonchev–Trinajstić information content (AvgIpc) is 2.66.